The van der Waals surface area contributed by atoms with Gasteiger partial charge in [-0.1, -0.05) is 11.6 Å². The van der Waals surface area contributed by atoms with Gasteiger partial charge in [-0.3, -0.25) is 0 Å². The van der Waals surface area contributed by atoms with E-state index in [1.54, 1.807) is 0 Å². The highest BCUT2D eigenvalue weighted by Crippen LogP contribution is 2.20. The molecule has 2 atom stereocenters. The molecule has 2 heterocycles. The van der Waals surface area contributed by atoms with Gasteiger partial charge in [0, 0.05) is 23.6 Å². The summed E-state index contributed by atoms with van der Waals surface area (Å²) in [6.45, 7) is 6.23. The topological polar surface area (TPSA) is 61.3 Å². The summed E-state index contributed by atoms with van der Waals surface area (Å²) in [5.41, 5.74) is 0.961. The highest BCUT2D eigenvalue weighted by Gasteiger charge is 2.35. The Morgan fingerprint density at radius 2 is 2.00 bits per heavy atom. The molecular formula is C17H24ClN4O2S2+. The number of aromatic nitrogens is 3. The van der Waals surface area contributed by atoms with Crippen LogP contribution in [0.5, 0.6) is 0 Å². The Hall–Kier alpha value is -1.22. The smallest absolute Gasteiger partial charge is 0.203 e. The molecule has 6 nitrogen and oxygen atoms in total. The van der Waals surface area contributed by atoms with Crippen LogP contribution in [0.25, 0.3) is 11.4 Å². The maximum Gasteiger partial charge on any atom is 0.203 e. The van der Waals surface area contributed by atoms with E-state index in [0.717, 1.165) is 24.5 Å². The number of hydrogen-bond donors (Lipinski definition) is 1. The third-order valence-electron chi connectivity index (χ3n) is 4.96. The van der Waals surface area contributed by atoms with Gasteiger partial charge < -0.3 is 9.47 Å². The van der Waals surface area contributed by atoms with Gasteiger partial charge in [-0.05, 0) is 50.3 Å². The normalized spacial score (nSPS) is 20.3. The zero-order chi connectivity index (χ0) is 18.9. The van der Waals surface area contributed by atoms with Crippen LogP contribution < -0.4 is 4.90 Å². The first kappa shape index (κ1) is 19.5. The van der Waals surface area contributed by atoms with Crippen molar-refractivity contribution in [2.45, 2.75) is 39.5 Å². The summed E-state index contributed by atoms with van der Waals surface area (Å²) < 4.78 is 28.1. The van der Waals surface area contributed by atoms with Crippen LogP contribution in [0.15, 0.2) is 24.3 Å². The summed E-state index contributed by atoms with van der Waals surface area (Å²) in [6.07, 6.45) is 0.706. The number of rotatable bonds is 6. The molecule has 0 saturated carbocycles. The third-order valence-corrected chi connectivity index (χ3v) is 7.41. The predicted octanol–water partition coefficient (Wildman–Crippen LogP) is 1.80. The molecule has 1 aliphatic rings. The van der Waals surface area contributed by atoms with E-state index in [0.29, 0.717) is 22.9 Å². The van der Waals surface area contributed by atoms with Gasteiger partial charge in [0.2, 0.25) is 4.77 Å². The van der Waals surface area contributed by atoms with E-state index < -0.39 is 9.84 Å². The molecule has 1 unspecified atom stereocenters. The second-order valence-corrected chi connectivity index (χ2v) is 9.66. The fraction of sp³-hybridized carbons (Fsp3) is 0.529. The standard InChI is InChI=1S/C17H23ClN4O2S2/c1-3-20(15-9-10-26(23,24)11-15)12-22-17(25)21(4-2)16(19-22)13-5-7-14(18)8-6-13/h5-8,15H,3-4,9-12H2,1-2H3/p+1/t15-/m0/s1. The quantitative estimate of drug-likeness (QED) is 0.731. The summed E-state index contributed by atoms with van der Waals surface area (Å²) in [5.74, 6) is 1.34. The zero-order valence-corrected chi connectivity index (χ0v) is 17.4. The van der Waals surface area contributed by atoms with E-state index >= 15 is 0 Å². The van der Waals surface area contributed by atoms with E-state index in [-0.39, 0.29) is 17.5 Å². The van der Waals surface area contributed by atoms with Crippen LogP contribution in [-0.2, 0) is 23.1 Å². The molecule has 2 aromatic rings. The van der Waals surface area contributed by atoms with Crippen LogP contribution in [-0.4, -0.2) is 46.9 Å². The fourth-order valence-electron chi connectivity index (χ4n) is 3.48. The highest BCUT2D eigenvalue weighted by atomic mass is 35.5. The van der Waals surface area contributed by atoms with Gasteiger partial charge >= 0.3 is 0 Å². The van der Waals surface area contributed by atoms with E-state index in [2.05, 4.69) is 6.92 Å². The van der Waals surface area contributed by atoms with Crippen molar-refractivity contribution in [2.75, 3.05) is 18.1 Å². The lowest BCUT2D eigenvalue weighted by Gasteiger charge is -2.23. The van der Waals surface area contributed by atoms with Crippen LogP contribution in [0.3, 0.4) is 0 Å². The lowest BCUT2D eigenvalue weighted by molar-refractivity contribution is -0.943. The Labute approximate surface area is 164 Å². The van der Waals surface area contributed by atoms with E-state index in [1.807, 2.05) is 40.4 Å². The van der Waals surface area contributed by atoms with Crippen molar-refractivity contribution < 1.29 is 13.3 Å². The first-order chi connectivity index (χ1) is 12.3. The van der Waals surface area contributed by atoms with Crippen LogP contribution in [0.4, 0.5) is 0 Å². The molecule has 0 spiro atoms. The van der Waals surface area contributed by atoms with Crippen molar-refractivity contribution in [3.05, 3.63) is 34.1 Å². The monoisotopic (exact) mass is 415 g/mol. The first-order valence-electron chi connectivity index (χ1n) is 8.83. The first-order valence-corrected chi connectivity index (χ1v) is 11.4. The van der Waals surface area contributed by atoms with Gasteiger partial charge in [-0.25, -0.2) is 8.42 Å². The minimum atomic E-state index is -2.90. The third kappa shape index (κ3) is 4.03. The number of nitrogens with zero attached hydrogens (tertiary/aromatic N) is 3. The predicted molar refractivity (Wildman–Crippen MR) is 106 cm³/mol. The molecule has 26 heavy (non-hydrogen) atoms. The molecule has 1 aromatic carbocycles. The molecule has 0 bridgehead atoms. The van der Waals surface area contributed by atoms with Crippen LogP contribution >= 0.6 is 23.8 Å². The van der Waals surface area contributed by atoms with Gasteiger partial charge in [-0.15, -0.1) is 5.10 Å². The number of hydrogen-bond acceptors (Lipinski definition) is 4. The lowest BCUT2D eigenvalue weighted by Crippen LogP contribution is -3.15. The summed E-state index contributed by atoms with van der Waals surface area (Å²) in [7, 11) is -2.90. The average Bonchev–Trinajstić information content (AvgIpc) is 3.12. The second kappa shape index (κ2) is 7.80. The SMILES string of the molecule is CCn1c(-c2ccc(Cl)cc2)nn(C[NH+](CC)[C@H]2CCS(=O)(=O)C2)c1=S. The minimum absolute atomic E-state index is 0.109. The van der Waals surface area contributed by atoms with Crippen molar-refractivity contribution in [1.29, 1.82) is 0 Å². The van der Waals surface area contributed by atoms with Crippen LogP contribution in [0.2, 0.25) is 5.02 Å². The Balaban J connectivity index is 1.90. The highest BCUT2D eigenvalue weighted by molar-refractivity contribution is 7.91. The Bertz CT molecular complexity index is 935. The Morgan fingerprint density at radius 3 is 2.54 bits per heavy atom. The Kier molecular flexibility index (Phi) is 5.86. The number of benzene rings is 1. The van der Waals surface area contributed by atoms with Crippen molar-refractivity contribution in [2.24, 2.45) is 0 Å². The molecular weight excluding hydrogens is 392 g/mol. The zero-order valence-electron chi connectivity index (χ0n) is 15.0. The van der Waals surface area contributed by atoms with Gasteiger partial charge in [-0.2, -0.15) is 4.68 Å². The summed E-state index contributed by atoms with van der Waals surface area (Å²) in [4.78, 5) is 1.20. The molecule has 1 aliphatic heterocycles. The minimum Gasteiger partial charge on any atom is -0.313 e. The van der Waals surface area contributed by atoms with Gasteiger partial charge in [0.05, 0.1) is 12.3 Å². The summed E-state index contributed by atoms with van der Waals surface area (Å²) in [5, 5.41) is 5.42. The molecule has 3 rings (SSSR count). The second-order valence-electron chi connectivity index (χ2n) is 6.63. The maximum atomic E-state index is 11.8. The molecule has 1 aromatic heterocycles. The molecule has 0 aliphatic carbocycles. The average molecular weight is 416 g/mol. The van der Waals surface area contributed by atoms with Crippen LogP contribution in [0, 0.1) is 4.77 Å². The van der Waals surface area contributed by atoms with Gasteiger partial charge in [0.1, 0.15) is 11.8 Å². The number of halogens is 1. The molecule has 9 heteroatoms. The molecule has 0 amide bonds. The molecule has 1 N–H and O–H groups in total. The van der Waals surface area contributed by atoms with Gasteiger partial charge in [0.25, 0.3) is 0 Å². The van der Waals surface area contributed by atoms with Crippen molar-refractivity contribution in [3.8, 4) is 11.4 Å². The number of quaternary nitrogens is 1. The maximum absolute atomic E-state index is 11.8. The molecule has 142 valence electrons. The van der Waals surface area contributed by atoms with Crippen molar-refractivity contribution in [3.63, 3.8) is 0 Å². The number of nitrogens with one attached hydrogen (secondary N) is 1. The van der Waals surface area contributed by atoms with E-state index in [9.17, 15) is 8.42 Å². The summed E-state index contributed by atoms with van der Waals surface area (Å²) in [6, 6.07) is 7.66. The summed E-state index contributed by atoms with van der Waals surface area (Å²) >= 11 is 11.6. The fourth-order valence-corrected chi connectivity index (χ4v) is 5.75. The lowest BCUT2D eigenvalue weighted by atomic mass is 10.2. The molecule has 1 fully saturated rings. The Morgan fingerprint density at radius 1 is 1.31 bits per heavy atom. The molecule has 1 saturated heterocycles. The van der Waals surface area contributed by atoms with Crippen molar-refractivity contribution in [1.82, 2.24) is 14.3 Å². The van der Waals surface area contributed by atoms with Crippen molar-refractivity contribution >= 4 is 33.7 Å². The largest absolute Gasteiger partial charge is 0.313 e. The number of sulfone groups is 1. The van der Waals surface area contributed by atoms with E-state index in [1.165, 1.54) is 4.90 Å². The van der Waals surface area contributed by atoms with Gasteiger partial charge in [0.15, 0.2) is 22.3 Å². The molecule has 0 radical (unpaired) electrons. The van der Waals surface area contributed by atoms with E-state index in [4.69, 9.17) is 28.9 Å². The van der Waals surface area contributed by atoms with Crippen LogP contribution in [0.1, 0.15) is 20.3 Å².